The molecule has 0 saturated heterocycles. The van der Waals surface area contributed by atoms with Crippen molar-refractivity contribution in [3.8, 4) is 5.75 Å². The van der Waals surface area contributed by atoms with E-state index in [9.17, 15) is 13.2 Å². The van der Waals surface area contributed by atoms with Crippen LogP contribution in [0.1, 0.15) is 27.9 Å². The van der Waals surface area contributed by atoms with E-state index < -0.39 is 10.0 Å². The highest BCUT2D eigenvalue weighted by Crippen LogP contribution is 2.32. The Hall–Kier alpha value is -3.36. The fourth-order valence-electron chi connectivity index (χ4n) is 3.90. The third kappa shape index (κ3) is 5.40. The summed E-state index contributed by atoms with van der Waals surface area (Å²) in [6, 6.07) is 21.2. The van der Waals surface area contributed by atoms with E-state index in [0.717, 1.165) is 29.7 Å². The van der Waals surface area contributed by atoms with Crippen molar-refractivity contribution < 1.29 is 22.7 Å². The predicted octanol–water partition coefficient (Wildman–Crippen LogP) is 3.78. The van der Waals surface area contributed by atoms with E-state index in [1.807, 2.05) is 48.5 Å². The van der Waals surface area contributed by atoms with E-state index in [1.54, 1.807) is 19.2 Å². The number of aryl methyl sites for hydroxylation is 1. The number of anilines is 1. The molecule has 0 aromatic heterocycles. The summed E-state index contributed by atoms with van der Waals surface area (Å²) in [4.78, 5) is 12.9. The van der Waals surface area contributed by atoms with Gasteiger partial charge in [0.15, 0.2) is 0 Å². The molecular weight excluding hydrogens is 452 g/mol. The molecule has 1 aliphatic heterocycles. The smallest absolute Gasteiger partial charge is 0.264 e. The predicted molar refractivity (Wildman–Crippen MR) is 131 cm³/mol. The van der Waals surface area contributed by atoms with Crippen LogP contribution in [0.5, 0.6) is 5.75 Å². The number of hydrogen-bond donors (Lipinski definition) is 1. The minimum absolute atomic E-state index is 0.106. The van der Waals surface area contributed by atoms with E-state index in [2.05, 4.69) is 5.32 Å². The summed E-state index contributed by atoms with van der Waals surface area (Å²) in [6.45, 7) is 1.71. The summed E-state index contributed by atoms with van der Waals surface area (Å²) in [7, 11) is -2.16. The van der Waals surface area contributed by atoms with Gasteiger partial charge in [0.2, 0.25) is 0 Å². The molecule has 4 rings (SSSR count). The normalized spacial score (nSPS) is 13.3. The second-order valence-corrected chi connectivity index (χ2v) is 9.87. The van der Waals surface area contributed by atoms with Crippen molar-refractivity contribution in [2.45, 2.75) is 24.3 Å². The second kappa shape index (κ2) is 10.7. The van der Waals surface area contributed by atoms with Crippen LogP contribution in [0.15, 0.2) is 77.7 Å². The van der Waals surface area contributed by atoms with Crippen LogP contribution in [0.25, 0.3) is 0 Å². The minimum atomic E-state index is -3.78. The number of carbonyl (C=O) groups is 1. The van der Waals surface area contributed by atoms with Gasteiger partial charge in [0.05, 0.1) is 17.2 Å². The van der Waals surface area contributed by atoms with Gasteiger partial charge in [0.1, 0.15) is 12.4 Å². The number of benzene rings is 3. The lowest BCUT2D eigenvalue weighted by atomic mass is 10.0. The molecule has 0 fully saturated rings. The van der Waals surface area contributed by atoms with Crippen molar-refractivity contribution >= 4 is 21.6 Å². The van der Waals surface area contributed by atoms with Crippen molar-refractivity contribution in [2.75, 3.05) is 31.2 Å². The molecule has 0 spiro atoms. The molecule has 1 aliphatic rings. The first kappa shape index (κ1) is 23.8. The molecule has 0 aliphatic carbocycles. The number of nitrogens with zero attached hydrogens (tertiary/aromatic N) is 1. The summed E-state index contributed by atoms with van der Waals surface area (Å²) in [5.74, 6) is 0.390. The first-order valence-electron chi connectivity index (χ1n) is 11.2. The lowest BCUT2D eigenvalue weighted by Crippen LogP contribution is -2.35. The Morgan fingerprint density at radius 1 is 1.00 bits per heavy atom. The third-order valence-electron chi connectivity index (χ3n) is 5.68. The molecule has 0 unspecified atom stereocenters. The maximum Gasteiger partial charge on any atom is 0.264 e. The summed E-state index contributed by atoms with van der Waals surface area (Å²) in [6.07, 6.45) is 1.61. The topological polar surface area (TPSA) is 84.9 Å². The molecule has 0 radical (unpaired) electrons. The van der Waals surface area contributed by atoms with Gasteiger partial charge in [-0.1, -0.05) is 36.4 Å². The first-order valence-corrected chi connectivity index (χ1v) is 12.6. The van der Waals surface area contributed by atoms with Crippen molar-refractivity contribution in [1.82, 2.24) is 5.32 Å². The molecule has 1 heterocycles. The lowest BCUT2D eigenvalue weighted by molar-refractivity contribution is 0.0950. The molecule has 7 nitrogen and oxygen atoms in total. The standard InChI is InChI=1S/C26H28N2O5S/c1-32-16-17-33-23-13-11-20(12-14-23)19-27-26(29)22-7-4-9-24(18-22)34(30,31)28-15-5-8-21-6-2-3-10-25(21)28/h2-4,6-7,9-14,18H,5,8,15-17,19H2,1H3,(H,27,29). The number of carbonyl (C=O) groups excluding carboxylic acids is 1. The lowest BCUT2D eigenvalue weighted by Gasteiger charge is -2.30. The number of amides is 1. The van der Waals surface area contributed by atoms with Crippen molar-refractivity contribution in [2.24, 2.45) is 0 Å². The highest BCUT2D eigenvalue weighted by molar-refractivity contribution is 7.92. The maximum absolute atomic E-state index is 13.4. The molecule has 34 heavy (non-hydrogen) atoms. The van der Waals surface area contributed by atoms with Crippen LogP contribution in [-0.2, 0) is 27.7 Å². The number of hydrogen-bond acceptors (Lipinski definition) is 5. The molecule has 0 bridgehead atoms. The van der Waals surface area contributed by atoms with E-state index >= 15 is 0 Å². The van der Waals surface area contributed by atoms with E-state index in [0.29, 0.717) is 37.6 Å². The Morgan fingerprint density at radius 2 is 1.79 bits per heavy atom. The van der Waals surface area contributed by atoms with Crippen LogP contribution in [0.3, 0.4) is 0 Å². The number of sulfonamides is 1. The Labute approximate surface area is 200 Å². The molecule has 3 aromatic carbocycles. The molecule has 1 amide bonds. The van der Waals surface area contributed by atoms with Crippen molar-refractivity contribution in [1.29, 1.82) is 0 Å². The van der Waals surface area contributed by atoms with Crippen LogP contribution in [0.2, 0.25) is 0 Å². The quantitative estimate of drug-likeness (QED) is 0.471. The monoisotopic (exact) mass is 480 g/mol. The van der Waals surface area contributed by atoms with Crippen LogP contribution >= 0.6 is 0 Å². The molecule has 1 N–H and O–H groups in total. The van der Waals surface area contributed by atoms with E-state index in [4.69, 9.17) is 9.47 Å². The largest absolute Gasteiger partial charge is 0.491 e. The number of fused-ring (bicyclic) bond motifs is 1. The summed E-state index contributed by atoms with van der Waals surface area (Å²) < 4.78 is 38.8. The van der Waals surface area contributed by atoms with Gasteiger partial charge in [0.25, 0.3) is 15.9 Å². The average molecular weight is 481 g/mol. The van der Waals surface area contributed by atoms with Gasteiger partial charge in [-0.3, -0.25) is 9.10 Å². The van der Waals surface area contributed by atoms with E-state index in [1.165, 1.54) is 16.4 Å². The molecule has 3 aromatic rings. The Kier molecular flexibility index (Phi) is 7.49. The van der Waals surface area contributed by atoms with Crippen LogP contribution in [0.4, 0.5) is 5.69 Å². The van der Waals surface area contributed by atoms with Gasteiger partial charge in [-0.05, 0) is 60.4 Å². The minimum Gasteiger partial charge on any atom is -0.491 e. The van der Waals surface area contributed by atoms with Gasteiger partial charge >= 0.3 is 0 Å². The molecule has 8 heteroatoms. The second-order valence-electron chi connectivity index (χ2n) is 8.01. The van der Waals surface area contributed by atoms with Crippen LogP contribution in [0, 0.1) is 0 Å². The van der Waals surface area contributed by atoms with Gasteiger partial charge < -0.3 is 14.8 Å². The molecule has 0 atom stereocenters. The fraction of sp³-hybridized carbons (Fsp3) is 0.269. The number of methoxy groups -OCH3 is 1. The highest BCUT2D eigenvalue weighted by Gasteiger charge is 2.29. The van der Waals surface area contributed by atoms with Crippen LogP contribution < -0.4 is 14.4 Å². The van der Waals surface area contributed by atoms with Gasteiger partial charge in [0, 0.05) is 25.8 Å². The van der Waals surface area contributed by atoms with E-state index in [-0.39, 0.29) is 10.8 Å². The Balaban J connectivity index is 1.44. The zero-order valence-electron chi connectivity index (χ0n) is 19.1. The van der Waals surface area contributed by atoms with Crippen molar-refractivity contribution in [3.63, 3.8) is 0 Å². The molecular formula is C26H28N2O5S. The summed E-state index contributed by atoms with van der Waals surface area (Å²) in [5.41, 5.74) is 2.92. The highest BCUT2D eigenvalue weighted by atomic mass is 32.2. The number of ether oxygens (including phenoxy) is 2. The molecule has 0 saturated carbocycles. The zero-order valence-corrected chi connectivity index (χ0v) is 19.9. The van der Waals surface area contributed by atoms with Gasteiger partial charge in [-0.15, -0.1) is 0 Å². The van der Waals surface area contributed by atoms with Crippen LogP contribution in [-0.4, -0.2) is 41.2 Å². The summed E-state index contributed by atoms with van der Waals surface area (Å²) >= 11 is 0. The fourth-order valence-corrected chi connectivity index (χ4v) is 5.49. The Bertz CT molecular complexity index is 1240. The average Bonchev–Trinajstić information content (AvgIpc) is 2.88. The van der Waals surface area contributed by atoms with Gasteiger partial charge in [-0.25, -0.2) is 8.42 Å². The third-order valence-corrected chi connectivity index (χ3v) is 7.49. The molecule has 178 valence electrons. The zero-order chi connectivity index (χ0) is 24.0. The number of rotatable bonds is 9. The number of para-hydroxylation sites is 1. The van der Waals surface area contributed by atoms with Gasteiger partial charge in [-0.2, -0.15) is 0 Å². The number of nitrogens with one attached hydrogen (secondary N) is 1. The van der Waals surface area contributed by atoms with Crippen molar-refractivity contribution in [3.05, 3.63) is 89.5 Å². The first-order chi connectivity index (χ1) is 16.5. The maximum atomic E-state index is 13.4. The Morgan fingerprint density at radius 3 is 2.59 bits per heavy atom. The SMILES string of the molecule is COCCOc1ccc(CNC(=O)c2cccc(S(=O)(=O)N3CCCc4ccccc43)c2)cc1. The summed E-state index contributed by atoms with van der Waals surface area (Å²) in [5, 5.41) is 2.85.